The van der Waals surface area contributed by atoms with E-state index in [0.29, 0.717) is 12.3 Å². The molecule has 1 aliphatic rings. The second-order valence-corrected chi connectivity index (χ2v) is 7.38. The minimum atomic E-state index is 0.156. The Bertz CT molecular complexity index is 320. The maximum atomic E-state index is 11.9. The first-order valence-corrected chi connectivity index (χ1v) is 9.53. The van der Waals surface area contributed by atoms with E-state index >= 15 is 0 Å². The molecular weight excluding hydrogens is 282 g/mol. The lowest BCUT2D eigenvalue weighted by Crippen LogP contribution is -2.26. The maximum Gasteiger partial charge on any atom is 0.222 e. The van der Waals surface area contributed by atoms with Crippen molar-refractivity contribution in [3.63, 3.8) is 0 Å². The van der Waals surface area contributed by atoms with Crippen LogP contribution in [0.4, 0.5) is 0 Å². The van der Waals surface area contributed by atoms with Crippen molar-refractivity contribution >= 4 is 22.8 Å². The summed E-state index contributed by atoms with van der Waals surface area (Å²) in [7, 11) is 0. The molecule has 1 saturated heterocycles. The molecule has 1 unspecified atom stereocenters. The Hall–Kier alpha value is -0.510. The zero-order chi connectivity index (χ0) is 15.5. The number of nitrogens with zero attached hydrogens (tertiary/aromatic N) is 1. The van der Waals surface area contributed by atoms with Crippen LogP contribution in [-0.2, 0) is 9.59 Å². The molecule has 1 amide bonds. The number of likely N-dealkylation sites (tertiary alicyclic amines) is 1. The lowest BCUT2D eigenvalue weighted by Gasteiger charge is -2.16. The third kappa shape index (κ3) is 8.50. The quantitative estimate of drug-likeness (QED) is 0.535. The van der Waals surface area contributed by atoms with E-state index in [1.165, 1.54) is 56.7 Å². The van der Waals surface area contributed by atoms with Gasteiger partial charge in [-0.1, -0.05) is 63.6 Å². The van der Waals surface area contributed by atoms with E-state index in [-0.39, 0.29) is 11.0 Å². The van der Waals surface area contributed by atoms with Crippen LogP contribution in [0.3, 0.4) is 0 Å². The van der Waals surface area contributed by atoms with Gasteiger partial charge in [0.05, 0.1) is 0 Å². The van der Waals surface area contributed by atoms with Gasteiger partial charge in [-0.15, -0.1) is 0 Å². The Morgan fingerprint density at radius 2 is 1.76 bits per heavy atom. The topological polar surface area (TPSA) is 37.4 Å². The zero-order valence-electron chi connectivity index (χ0n) is 13.7. The lowest BCUT2D eigenvalue weighted by molar-refractivity contribution is -0.127. The van der Waals surface area contributed by atoms with Gasteiger partial charge in [-0.05, 0) is 12.3 Å². The van der Waals surface area contributed by atoms with Crippen LogP contribution in [0.2, 0.25) is 0 Å². The normalized spacial score (nSPS) is 18.5. The average Bonchev–Trinajstić information content (AvgIpc) is 2.80. The molecule has 0 spiro atoms. The van der Waals surface area contributed by atoms with Gasteiger partial charge in [0.25, 0.3) is 0 Å². The Kier molecular flexibility index (Phi) is 9.81. The van der Waals surface area contributed by atoms with Crippen LogP contribution in [0, 0.1) is 5.92 Å². The highest BCUT2D eigenvalue weighted by atomic mass is 32.2. The summed E-state index contributed by atoms with van der Waals surface area (Å²) in [5.74, 6) is 1.46. The van der Waals surface area contributed by atoms with Crippen LogP contribution in [0.1, 0.15) is 71.6 Å². The van der Waals surface area contributed by atoms with Crippen molar-refractivity contribution in [3.8, 4) is 0 Å². The molecule has 0 bridgehead atoms. The Morgan fingerprint density at radius 1 is 1.14 bits per heavy atom. The molecule has 1 atom stereocenters. The fraction of sp³-hybridized carbons (Fsp3) is 0.882. The van der Waals surface area contributed by atoms with E-state index in [2.05, 4.69) is 6.92 Å². The minimum Gasteiger partial charge on any atom is -0.342 e. The summed E-state index contributed by atoms with van der Waals surface area (Å²) in [4.78, 5) is 24.9. The van der Waals surface area contributed by atoms with Crippen LogP contribution in [0.25, 0.3) is 0 Å². The van der Waals surface area contributed by atoms with Gasteiger partial charge < -0.3 is 4.90 Å². The third-order valence-electron chi connectivity index (χ3n) is 4.10. The molecule has 1 aliphatic heterocycles. The molecule has 4 heteroatoms. The maximum absolute atomic E-state index is 11.9. The highest BCUT2D eigenvalue weighted by Gasteiger charge is 2.29. The number of rotatable bonds is 11. The smallest absolute Gasteiger partial charge is 0.222 e. The number of carbonyl (C=O) groups is 2. The lowest BCUT2D eigenvalue weighted by atomic mass is 10.1. The van der Waals surface area contributed by atoms with E-state index in [1.807, 2.05) is 4.90 Å². The number of thioether (sulfide) groups is 1. The van der Waals surface area contributed by atoms with Crippen LogP contribution in [0.15, 0.2) is 0 Å². The highest BCUT2D eigenvalue weighted by molar-refractivity contribution is 8.13. The summed E-state index contributed by atoms with van der Waals surface area (Å²) >= 11 is 1.36. The van der Waals surface area contributed by atoms with Gasteiger partial charge in [-0.25, -0.2) is 0 Å². The van der Waals surface area contributed by atoms with Crippen LogP contribution in [0.5, 0.6) is 0 Å². The first-order valence-electron chi connectivity index (χ1n) is 8.54. The molecule has 0 saturated carbocycles. The number of amides is 1. The van der Waals surface area contributed by atoms with Gasteiger partial charge in [0.2, 0.25) is 5.91 Å². The molecule has 3 nitrogen and oxygen atoms in total. The van der Waals surface area contributed by atoms with Crippen LogP contribution >= 0.6 is 11.8 Å². The van der Waals surface area contributed by atoms with Crippen LogP contribution in [-0.4, -0.2) is 34.8 Å². The summed E-state index contributed by atoms with van der Waals surface area (Å²) in [5.41, 5.74) is 0. The highest BCUT2D eigenvalue weighted by Crippen LogP contribution is 2.22. The molecule has 1 rings (SSSR count). The third-order valence-corrected chi connectivity index (χ3v) is 5.14. The first kappa shape index (κ1) is 18.5. The second kappa shape index (κ2) is 11.1. The van der Waals surface area contributed by atoms with Gasteiger partial charge >= 0.3 is 0 Å². The summed E-state index contributed by atoms with van der Waals surface area (Å²) in [6.07, 6.45) is 11.0. The number of unbranched alkanes of at least 4 members (excludes halogenated alkanes) is 7. The predicted molar refractivity (Wildman–Crippen MR) is 90.4 cm³/mol. The molecule has 21 heavy (non-hydrogen) atoms. The van der Waals surface area contributed by atoms with Crippen molar-refractivity contribution in [1.82, 2.24) is 4.90 Å². The largest absolute Gasteiger partial charge is 0.342 e. The molecule has 0 aromatic rings. The monoisotopic (exact) mass is 313 g/mol. The zero-order valence-corrected chi connectivity index (χ0v) is 14.6. The van der Waals surface area contributed by atoms with Gasteiger partial charge in [-0.2, -0.15) is 0 Å². The standard InChI is InChI=1S/C17H31NO2S/c1-3-4-5-6-7-8-9-10-11-18-13-16(12-17(18)20)14-21-15(2)19/h16H,3-14H2,1-2H3. The van der Waals surface area contributed by atoms with E-state index in [9.17, 15) is 9.59 Å². The second-order valence-electron chi connectivity index (χ2n) is 6.19. The fourth-order valence-electron chi connectivity index (χ4n) is 2.85. The summed E-state index contributed by atoms with van der Waals surface area (Å²) in [6, 6.07) is 0. The summed E-state index contributed by atoms with van der Waals surface area (Å²) in [6.45, 7) is 5.61. The molecule has 122 valence electrons. The van der Waals surface area contributed by atoms with E-state index < -0.39 is 0 Å². The molecule has 0 radical (unpaired) electrons. The number of hydrogen-bond acceptors (Lipinski definition) is 3. The number of hydrogen-bond donors (Lipinski definition) is 0. The van der Waals surface area contributed by atoms with Gasteiger partial charge in [0.1, 0.15) is 0 Å². The van der Waals surface area contributed by atoms with E-state index in [1.54, 1.807) is 6.92 Å². The predicted octanol–water partition coefficient (Wildman–Crippen LogP) is 4.26. The Labute approximate surface area is 134 Å². The fourth-order valence-corrected chi connectivity index (χ4v) is 3.55. The molecule has 0 aromatic carbocycles. The SMILES string of the molecule is CCCCCCCCCCN1CC(CSC(C)=O)CC1=O. The Morgan fingerprint density at radius 3 is 2.38 bits per heavy atom. The number of carbonyl (C=O) groups excluding carboxylic acids is 2. The van der Waals surface area contributed by atoms with Gasteiger partial charge in [0.15, 0.2) is 5.12 Å². The minimum absolute atomic E-state index is 0.156. The molecular formula is C17H31NO2S. The van der Waals surface area contributed by atoms with Gasteiger partial charge in [-0.3, -0.25) is 9.59 Å². The van der Waals surface area contributed by atoms with Gasteiger partial charge in [0, 0.05) is 32.2 Å². The van der Waals surface area contributed by atoms with E-state index in [4.69, 9.17) is 0 Å². The molecule has 0 aromatic heterocycles. The molecule has 0 aliphatic carbocycles. The van der Waals surface area contributed by atoms with Crippen molar-refractivity contribution in [2.45, 2.75) is 71.6 Å². The van der Waals surface area contributed by atoms with Crippen molar-refractivity contribution in [2.75, 3.05) is 18.8 Å². The van der Waals surface area contributed by atoms with Crippen LogP contribution < -0.4 is 0 Å². The van der Waals surface area contributed by atoms with Crippen molar-refractivity contribution in [1.29, 1.82) is 0 Å². The van der Waals surface area contributed by atoms with Crippen molar-refractivity contribution < 1.29 is 9.59 Å². The van der Waals surface area contributed by atoms with Crippen molar-refractivity contribution in [3.05, 3.63) is 0 Å². The molecule has 1 fully saturated rings. The van der Waals surface area contributed by atoms with E-state index in [0.717, 1.165) is 25.3 Å². The first-order chi connectivity index (χ1) is 10.1. The van der Waals surface area contributed by atoms with Crippen molar-refractivity contribution in [2.24, 2.45) is 5.92 Å². The molecule has 1 heterocycles. The molecule has 0 N–H and O–H groups in total. The summed E-state index contributed by atoms with van der Waals surface area (Å²) in [5, 5.41) is 0.156. The Balaban J connectivity index is 2.02. The summed E-state index contributed by atoms with van der Waals surface area (Å²) < 4.78 is 0. The average molecular weight is 314 g/mol.